The van der Waals surface area contributed by atoms with Crippen LogP contribution in [-0.2, 0) is 0 Å². The topological polar surface area (TPSA) is 32.3 Å². The third-order valence-corrected chi connectivity index (χ3v) is 3.01. The van der Waals surface area contributed by atoms with Crippen LogP contribution in [0, 0.1) is 0 Å². The summed E-state index contributed by atoms with van der Waals surface area (Å²) in [5.74, 6) is 0.230. The van der Waals surface area contributed by atoms with Crippen molar-refractivity contribution in [3.63, 3.8) is 0 Å². The van der Waals surface area contributed by atoms with Crippen LogP contribution in [0.15, 0.2) is 18.2 Å². The second kappa shape index (κ2) is 4.20. The number of phenols is 1. The van der Waals surface area contributed by atoms with Crippen molar-refractivity contribution in [2.45, 2.75) is 25.3 Å². The van der Waals surface area contributed by atoms with E-state index >= 15 is 0 Å². The summed E-state index contributed by atoms with van der Waals surface area (Å²) in [5, 5.41) is 13.6. The molecular weight excluding hydrogens is 198 g/mol. The van der Waals surface area contributed by atoms with Gasteiger partial charge in [0.2, 0.25) is 0 Å². The van der Waals surface area contributed by atoms with Gasteiger partial charge in [0.1, 0.15) is 5.75 Å². The smallest absolute Gasteiger partial charge is 0.138 e. The first-order valence-corrected chi connectivity index (χ1v) is 5.37. The van der Waals surface area contributed by atoms with Gasteiger partial charge in [0, 0.05) is 11.6 Å². The summed E-state index contributed by atoms with van der Waals surface area (Å²) >= 11 is 5.86. The van der Waals surface area contributed by atoms with E-state index in [2.05, 4.69) is 5.32 Å². The average molecular weight is 212 g/mol. The molecule has 76 valence electrons. The standard InChI is InChI=1S/C11H14ClNO/c12-9-5-3-4-8(11(9)14)10-6-1-2-7-13-10/h3-5,10,13-14H,1-2,6-7H2. The van der Waals surface area contributed by atoms with Crippen LogP contribution < -0.4 is 5.32 Å². The van der Waals surface area contributed by atoms with Gasteiger partial charge in [-0.15, -0.1) is 0 Å². The van der Waals surface area contributed by atoms with E-state index in [-0.39, 0.29) is 11.8 Å². The minimum atomic E-state index is 0.230. The molecule has 1 aromatic carbocycles. The second-order valence-corrected chi connectivity index (χ2v) is 4.09. The number of hydrogen-bond acceptors (Lipinski definition) is 2. The molecule has 0 aliphatic carbocycles. The Kier molecular flexibility index (Phi) is 2.94. The zero-order valence-electron chi connectivity index (χ0n) is 7.96. The predicted molar refractivity (Wildman–Crippen MR) is 57.7 cm³/mol. The van der Waals surface area contributed by atoms with Crippen molar-refractivity contribution >= 4 is 11.6 Å². The van der Waals surface area contributed by atoms with Crippen molar-refractivity contribution < 1.29 is 5.11 Å². The summed E-state index contributed by atoms with van der Waals surface area (Å²) < 4.78 is 0. The van der Waals surface area contributed by atoms with Crippen LogP contribution in [0.1, 0.15) is 30.9 Å². The van der Waals surface area contributed by atoms with Gasteiger partial charge in [0.15, 0.2) is 0 Å². The third-order valence-electron chi connectivity index (χ3n) is 2.70. The monoisotopic (exact) mass is 211 g/mol. The molecule has 0 saturated carbocycles. The van der Waals surface area contributed by atoms with Crippen molar-refractivity contribution in [2.24, 2.45) is 0 Å². The molecule has 2 N–H and O–H groups in total. The predicted octanol–water partition coefficient (Wildman–Crippen LogP) is 2.86. The lowest BCUT2D eigenvalue weighted by Gasteiger charge is -2.24. The molecule has 1 atom stereocenters. The van der Waals surface area contributed by atoms with E-state index in [9.17, 15) is 5.11 Å². The van der Waals surface area contributed by atoms with Gasteiger partial charge in [-0.3, -0.25) is 0 Å². The highest BCUT2D eigenvalue weighted by atomic mass is 35.5. The highest BCUT2D eigenvalue weighted by Crippen LogP contribution is 2.34. The number of rotatable bonds is 1. The molecule has 1 aliphatic heterocycles. The maximum absolute atomic E-state index is 9.78. The first-order valence-electron chi connectivity index (χ1n) is 5.00. The summed E-state index contributed by atoms with van der Waals surface area (Å²) in [6, 6.07) is 5.80. The number of phenolic OH excluding ortho intramolecular Hbond substituents is 1. The molecule has 0 spiro atoms. The summed E-state index contributed by atoms with van der Waals surface area (Å²) in [5.41, 5.74) is 0.928. The van der Waals surface area contributed by atoms with Gasteiger partial charge >= 0.3 is 0 Å². The van der Waals surface area contributed by atoms with Gasteiger partial charge in [-0.1, -0.05) is 30.2 Å². The lowest BCUT2D eigenvalue weighted by Crippen LogP contribution is -2.26. The van der Waals surface area contributed by atoms with E-state index in [1.54, 1.807) is 6.07 Å². The normalized spacial score (nSPS) is 22.2. The van der Waals surface area contributed by atoms with Crippen molar-refractivity contribution in [1.82, 2.24) is 5.32 Å². The SMILES string of the molecule is Oc1c(Cl)cccc1C1CCCCN1. The zero-order chi connectivity index (χ0) is 9.97. The molecule has 0 aromatic heterocycles. The zero-order valence-corrected chi connectivity index (χ0v) is 8.72. The fourth-order valence-electron chi connectivity index (χ4n) is 1.93. The number of piperidine rings is 1. The fraction of sp³-hybridized carbons (Fsp3) is 0.455. The molecule has 2 nitrogen and oxygen atoms in total. The molecule has 1 saturated heterocycles. The quantitative estimate of drug-likeness (QED) is 0.749. The first kappa shape index (κ1) is 9.81. The third kappa shape index (κ3) is 1.86. The van der Waals surface area contributed by atoms with Crippen LogP contribution in [0.4, 0.5) is 0 Å². The van der Waals surface area contributed by atoms with E-state index in [4.69, 9.17) is 11.6 Å². The van der Waals surface area contributed by atoms with E-state index in [0.717, 1.165) is 18.5 Å². The summed E-state index contributed by atoms with van der Waals surface area (Å²) in [6.07, 6.45) is 3.51. The number of halogens is 1. The Balaban J connectivity index is 2.26. The maximum atomic E-state index is 9.78. The van der Waals surface area contributed by atoms with E-state index in [1.165, 1.54) is 12.8 Å². The molecule has 0 amide bonds. The molecule has 1 fully saturated rings. The maximum Gasteiger partial charge on any atom is 0.138 e. The highest BCUT2D eigenvalue weighted by molar-refractivity contribution is 6.32. The van der Waals surface area contributed by atoms with Crippen LogP contribution in [0.3, 0.4) is 0 Å². The molecular formula is C11H14ClNO. The van der Waals surface area contributed by atoms with E-state index < -0.39 is 0 Å². The van der Waals surface area contributed by atoms with Gasteiger partial charge < -0.3 is 10.4 Å². The van der Waals surface area contributed by atoms with Gasteiger partial charge in [0.05, 0.1) is 5.02 Å². The molecule has 2 rings (SSSR count). The average Bonchev–Trinajstić information content (AvgIpc) is 2.23. The van der Waals surface area contributed by atoms with Crippen LogP contribution >= 0.6 is 11.6 Å². The molecule has 14 heavy (non-hydrogen) atoms. The Labute approximate surface area is 88.9 Å². The molecule has 3 heteroatoms. The second-order valence-electron chi connectivity index (χ2n) is 3.68. The molecule has 1 heterocycles. The van der Waals surface area contributed by atoms with Crippen molar-refractivity contribution in [2.75, 3.05) is 6.54 Å². The lowest BCUT2D eigenvalue weighted by atomic mass is 9.97. The van der Waals surface area contributed by atoms with E-state index in [0.29, 0.717) is 5.02 Å². The minimum absolute atomic E-state index is 0.230. The Morgan fingerprint density at radius 3 is 2.93 bits per heavy atom. The molecule has 0 radical (unpaired) electrons. The Bertz CT molecular complexity index is 321. The number of aromatic hydroxyl groups is 1. The van der Waals surface area contributed by atoms with Crippen LogP contribution in [0.25, 0.3) is 0 Å². The van der Waals surface area contributed by atoms with Crippen LogP contribution in [-0.4, -0.2) is 11.7 Å². The number of nitrogens with one attached hydrogen (secondary N) is 1. The Morgan fingerprint density at radius 1 is 1.36 bits per heavy atom. The Hall–Kier alpha value is -0.730. The summed E-state index contributed by atoms with van der Waals surface area (Å²) in [7, 11) is 0. The molecule has 1 aromatic rings. The number of para-hydroxylation sites is 1. The van der Waals surface area contributed by atoms with Crippen molar-refractivity contribution in [3.05, 3.63) is 28.8 Å². The molecule has 1 unspecified atom stereocenters. The largest absolute Gasteiger partial charge is 0.506 e. The summed E-state index contributed by atoms with van der Waals surface area (Å²) in [4.78, 5) is 0. The van der Waals surface area contributed by atoms with E-state index in [1.807, 2.05) is 12.1 Å². The van der Waals surface area contributed by atoms with Gasteiger partial charge in [-0.25, -0.2) is 0 Å². The van der Waals surface area contributed by atoms with Gasteiger partial charge in [-0.05, 0) is 25.5 Å². The van der Waals surface area contributed by atoms with Gasteiger partial charge in [-0.2, -0.15) is 0 Å². The minimum Gasteiger partial charge on any atom is -0.506 e. The lowest BCUT2D eigenvalue weighted by molar-refractivity contribution is 0.391. The van der Waals surface area contributed by atoms with Crippen molar-refractivity contribution in [1.29, 1.82) is 0 Å². The van der Waals surface area contributed by atoms with Crippen LogP contribution in [0.5, 0.6) is 5.75 Å². The van der Waals surface area contributed by atoms with Crippen LogP contribution in [0.2, 0.25) is 5.02 Å². The van der Waals surface area contributed by atoms with Crippen molar-refractivity contribution in [3.8, 4) is 5.75 Å². The number of benzene rings is 1. The highest BCUT2D eigenvalue weighted by Gasteiger charge is 2.18. The first-order chi connectivity index (χ1) is 6.79. The molecule has 0 bridgehead atoms. The van der Waals surface area contributed by atoms with Gasteiger partial charge in [0.25, 0.3) is 0 Å². The fourth-order valence-corrected chi connectivity index (χ4v) is 2.11. The molecule has 1 aliphatic rings. The summed E-state index contributed by atoms with van der Waals surface area (Å²) in [6.45, 7) is 1.02. The number of hydrogen-bond donors (Lipinski definition) is 2. The Morgan fingerprint density at radius 2 is 2.21 bits per heavy atom.